The number of benzene rings is 4. The summed E-state index contributed by atoms with van der Waals surface area (Å²) in [5.74, 6) is 4.64. The molecule has 0 aliphatic carbocycles. The molecular weight excluding hydrogens is 1090 g/mol. The average molecular weight is 1210 g/mol. The van der Waals surface area contributed by atoms with Crippen molar-refractivity contribution in [1.29, 1.82) is 0 Å². The number of ether oxygens (including phenoxy) is 6. The largest absolute Gasteiger partial charge is 0.490 e. The van der Waals surface area contributed by atoms with Crippen LogP contribution < -0.4 is 28.4 Å². The molecule has 1 aromatic heterocycles. The molecule has 9 heteroatoms. The van der Waals surface area contributed by atoms with Crippen molar-refractivity contribution in [2.75, 3.05) is 39.6 Å². The Morgan fingerprint density at radius 1 is 0.264 bits per heavy atom. The number of hydrogen-bond donors (Lipinski definition) is 0. The van der Waals surface area contributed by atoms with Crippen molar-refractivity contribution >= 4 is 35.6 Å². The highest BCUT2D eigenvalue weighted by atomic mass is 32.1. The van der Waals surface area contributed by atoms with E-state index in [-0.39, 0.29) is 0 Å². The molecule has 0 atom stereocenters. The minimum absolute atomic E-state index is 0.661. The van der Waals surface area contributed by atoms with Crippen molar-refractivity contribution in [3.8, 4) is 55.6 Å². The SMILES string of the molecule is CCCCCCCCOc1cc(/C=C/c2ccc(-c3nnc(-c4ccc(/C=C/c5cc(OCCCCCCCC)c(OCCCCCCCC)c(OCCCCCCCC)c5)cc4)s3)cc2)cc(OCCCCCCCC)c1OCCCCCCCC. The van der Waals surface area contributed by atoms with Crippen molar-refractivity contribution in [3.63, 3.8) is 0 Å². The van der Waals surface area contributed by atoms with E-state index in [9.17, 15) is 0 Å². The average Bonchev–Trinajstić information content (AvgIpc) is 4.21. The molecule has 0 aliphatic heterocycles. The summed E-state index contributed by atoms with van der Waals surface area (Å²) in [6.45, 7) is 17.6. The molecule has 0 unspecified atom stereocenters. The highest BCUT2D eigenvalue weighted by molar-refractivity contribution is 7.17. The maximum Gasteiger partial charge on any atom is 0.203 e. The van der Waals surface area contributed by atoms with Crippen LogP contribution in [0.25, 0.3) is 45.4 Å². The summed E-state index contributed by atoms with van der Waals surface area (Å²) in [4.78, 5) is 0. The number of unbranched alkanes of at least 4 members (excludes halogenated alkanes) is 30. The predicted octanol–water partition coefficient (Wildman–Crippen LogP) is 24.6. The van der Waals surface area contributed by atoms with E-state index in [1.807, 2.05) is 0 Å². The van der Waals surface area contributed by atoms with Crippen LogP contribution >= 0.6 is 11.3 Å². The van der Waals surface area contributed by atoms with Crippen molar-refractivity contribution in [3.05, 3.63) is 95.1 Å². The zero-order valence-corrected chi connectivity index (χ0v) is 56.5. The van der Waals surface area contributed by atoms with E-state index in [1.54, 1.807) is 11.3 Å². The van der Waals surface area contributed by atoms with E-state index in [4.69, 9.17) is 28.4 Å². The van der Waals surface area contributed by atoms with E-state index < -0.39 is 0 Å². The van der Waals surface area contributed by atoms with E-state index in [1.165, 1.54) is 193 Å². The van der Waals surface area contributed by atoms with Gasteiger partial charge in [0, 0.05) is 11.1 Å². The van der Waals surface area contributed by atoms with Gasteiger partial charge >= 0.3 is 0 Å². The first-order valence-electron chi connectivity index (χ1n) is 35.5. The second-order valence-electron chi connectivity index (χ2n) is 24.2. The maximum atomic E-state index is 6.60. The summed E-state index contributed by atoms with van der Waals surface area (Å²) in [6.07, 6.45) is 52.5. The zero-order chi connectivity index (χ0) is 61.5. The predicted molar refractivity (Wildman–Crippen MR) is 375 cm³/mol. The quantitative estimate of drug-likeness (QED) is 0.0281. The van der Waals surface area contributed by atoms with Gasteiger partial charge in [-0.25, -0.2) is 0 Å². The highest BCUT2D eigenvalue weighted by Crippen LogP contribution is 2.42. The molecule has 87 heavy (non-hydrogen) atoms. The first kappa shape index (κ1) is 72.5. The Hall–Kier alpha value is -5.28. The Labute approximate surface area is 534 Å². The lowest BCUT2D eigenvalue weighted by atomic mass is 10.1. The molecule has 482 valence electrons. The van der Waals surface area contributed by atoms with Gasteiger partial charge in [-0.15, -0.1) is 10.2 Å². The molecule has 0 aliphatic rings. The minimum Gasteiger partial charge on any atom is -0.490 e. The molecule has 8 nitrogen and oxygen atoms in total. The van der Waals surface area contributed by atoms with E-state index in [2.05, 4.69) is 149 Å². The normalized spacial score (nSPS) is 11.6. The molecule has 0 fully saturated rings. The summed E-state index contributed by atoms with van der Waals surface area (Å²) >= 11 is 1.62. The van der Waals surface area contributed by atoms with Crippen LogP contribution in [-0.4, -0.2) is 49.8 Å². The standard InChI is InChI=1S/C78H118N2O6S/c1-7-13-19-25-31-37-55-81-71-61-67(62-72(82-56-38-32-26-20-14-8-2)75(71)85-59-41-35-29-23-17-11-5)45-43-65-47-51-69(52-48-65)77-79-80-78(87-77)70-53-49-66(50-54-70)44-46-68-63-73(83-57-39-33-27-21-15-9-3)76(86-60-42-36-30-24-18-12-6)74(64-68)84-58-40-34-28-22-16-10-4/h43-54,61-64H,7-42,55-60H2,1-6H3/b45-43+,46-44+. The fraction of sp³-hybridized carbons (Fsp3) is 0.615. The Bertz CT molecular complexity index is 2300. The molecular formula is C78H118N2O6S. The zero-order valence-electron chi connectivity index (χ0n) is 55.7. The maximum absolute atomic E-state index is 6.60. The monoisotopic (exact) mass is 1210 g/mol. The number of aromatic nitrogens is 2. The van der Waals surface area contributed by atoms with Crippen LogP contribution in [-0.2, 0) is 0 Å². The van der Waals surface area contributed by atoms with Crippen LogP contribution in [0.2, 0.25) is 0 Å². The molecule has 4 aromatic carbocycles. The summed E-state index contributed by atoms with van der Waals surface area (Å²) < 4.78 is 39.6. The van der Waals surface area contributed by atoms with Crippen LogP contribution in [0.5, 0.6) is 34.5 Å². The van der Waals surface area contributed by atoms with Crippen molar-refractivity contribution in [2.24, 2.45) is 0 Å². The van der Waals surface area contributed by atoms with Crippen molar-refractivity contribution in [2.45, 2.75) is 273 Å². The van der Waals surface area contributed by atoms with Gasteiger partial charge in [0.15, 0.2) is 23.0 Å². The molecule has 0 N–H and O–H groups in total. The van der Waals surface area contributed by atoms with Crippen LogP contribution in [0.1, 0.15) is 295 Å². The summed E-state index contributed by atoms with van der Waals surface area (Å²) in [5, 5.41) is 11.1. The van der Waals surface area contributed by atoms with Crippen molar-refractivity contribution < 1.29 is 28.4 Å². The molecule has 0 amide bonds. The van der Waals surface area contributed by atoms with Gasteiger partial charge in [0.25, 0.3) is 0 Å². The first-order valence-corrected chi connectivity index (χ1v) is 36.3. The third-order valence-electron chi connectivity index (χ3n) is 16.3. The molecule has 5 rings (SSSR count). The van der Waals surface area contributed by atoms with Gasteiger partial charge < -0.3 is 28.4 Å². The van der Waals surface area contributed by atoms with Gasteiger partial charge in [0.05, 0.1) is 39.6 Å². The second kappa shape index (κ2) is 47.7. The summed E-state index contributed by atoms with van der Waals surface area (Å²) in [5.41, 5.74) is 6.35. The number of nitrogens with zero attached hydrogens (tertiary/aromatic N) is 2. The van der Waals surface area contributed by atoms with Gasteiger partial charge in [-0.2, -0.15) is 0 Å². The van der Waals surface area contributed by atoms with Gasteiger partial charge in [-0.05, 0) is 85.0 Å². The summed E-state index contributed by atoms with van der Waals surface area (Å²) in [7, 11) is 0. The molecule has 5 aromatic rings. The lowest BCUT2D eigenvalue weighted by Gasteiger charge is -2.18. The molecule has 0 bridgehead atoms. The molecule has 0 spiro atoms. The Morgan fingerprint density at radius 3 is 0.736 bits per heavy atom. The van der Waals surface area contributed by atoms with Gasteiger partial charge in [-0.1, -0.05) is 318 Å². The third-order valence-corrected chi connectivity index (χ3v) is 17.3. The van der Waals surface area contributed by atoms with Crippen LogP contribution in [0, 0.1) is 0 Å². The minimum atomic E-state index is 0.661. The number of rotatable bonds is 54. The first-order chi connectivity index (χ1) is 43.0. The Balaban J connectivity index is 1.29. The van der Waals surface area contributed by atoms with Crippen molar-refractivity contribution in [1.82, 2.24) is 10.2 Å². The Kier molecular flexibility index (Phi) is 39.7. The third kappa shape index (κ3) is 30.7. The second-order valence-corrected chi connectivity index (χ2v) is 25.2. The van der Waals surface area contributed by atoms with Crippen LogP contribution in [0.3, 0.4) is 0 Å². The molecule has 1 heterocycles. The van der Waals surface area contributed by atoms with E-state index in [0.29, 0.717) is 39.6 Å². The summed E-state index contributed by atoms with van der Waals surface area (Å²) in [6, 6.07) is 25.8. The topological polar surface area (TPSA) is 81.2 Å². The smallest absolute Gasteiger partial charge is 0.203 e. The molecule has 0 saturated carbocycles. The van der Waals surface area contributed by atoms with Crippen LogP contribution in [0.15, 0.2) is 72.8 Å². The van der Waals surface area contributed by atoms with Gasteiger partial charge in [0.2, 0.25) is 11.5 Å². The number of hydrogen-bond acceptors (Lipinski definition) is 9. The van der Waals surface area contributed by atoms with E-state index in [0.717, 1.165) is 116 Å². The van der Waals surface area contributed by atoms with Gasteiger partial charge in [0.1, 0.15) is 10.0 Å². The van der Waals surface area contributed by atoms with Gasteiger partial charge in [-0.3, -0.25) is 0 Å². The van der Waals surface area contributed by atoms with E-state index >= 15 is 0 Å². The van der Waals surface area contributed by atoms with Crippen LogP contribution in [0.4, 0.5) is 0 Å². The lowest BCUT2D eigenvalue weighted by molar-refractivity contribution is 0.234. The fourth-order valence-corrected chi connectivity index (χ4v) is 11.6. The highest BCUT2D eigenvalue weighted by Gasteiger charge is 2.18. The fourth-order valence-electron chi connectivity index (χ4n) is 10.8. The Morgan fingerprint density at radius 2 is 0.483 bits per heavy atom. The molecule has 0 saturated heterocycles. The molecule has 0 radical (unpaired) electrons. The lowest BCUT2D eigenvalue weighted by Crippen LogP contribution is -2.06.